The Kier molecular flexibility index (Phi) is 4.02. The van der Waals surface area contributed by atoms with E-state index in [1.165, 1.54) is 6.07 Å². The smallest absolute Gasteiger partial charge is 0.232 e. The summed E-state index contributed by atoms with van der Waals surface area (Å²) in [6, 6.07) is 1.32. The van der Waals surface area contributed by atoms with Crippen molar-refractivity contribution in [1.29, 1.82) is 0 Å². The van der Waals surface area contributed by atoms with Crippen LogP contribution in [-0.4, -0.2) is 9.97 Å². The Labute approximate surface area is 110 Å². The molecule has 0 spiro atoms. The van der Waals surface area contributed by atoms with Crippen LogP contribution in [0.1, 0.15) is 11.4 Å². The molecular formula is C6H2Cl6N2. The van der Waals surface area contributed by atoms with Gasteiger partial charge in [-0.3, -0.25) is 0 Å². The average Bonchev–Trinajstić information content (AvgIpc) is 2.01. The predicted molar refractivity (Wildman–Crippen MR) is 60.5 cm³/mol. The fourth-order valence-corrected chi connectivity index (χ4v) is 1.29. The first-order valence-corrected chi connectivity index (χ1v) is 5.44. The molecule has 1 heterocycles. The highest BCUT2D eigenvalue weighted by Gasteiger charge is 2.30. The number of rotatable bonds is 0. The van der Waals surface area contributed by atoms with Crippen molar-refractivity contribution in [2.75, 3.05) is 0 Å². The summed E-state index contributed by atoms with van der Waals surface area (Å²) < 4.78 is -3.32. The van der Waals surface area contributed by atoms with E-state index in [2.05, 4.69) is 9.97 Å². The molecule has 2 nitrogen and oxygen atoms in total. The van der Waals surface area contributed by atoms with Crippen LogP contribution in [0.3, 0.4) is 0 Å². The summed E-state index contributed by atoms with van der Waals surface area (Å²) in [5, 5.41) is 0. The van der Waals surface area contributed by atoms with Crippen molar-refractivity contribution >= 4 is 69.6 Å². The first-order chi connectivity index (χ1) is 6.21. The van der Waals surface area contributed by atoms with E-state index in [1.807, 2.05) is 0 Å². The monoisotopic (exact) mass is 312 g/mol. The number of alkyl halides is 6. The minimum atomic E-state index is -1.66. The summed E-state index contributed by atoms with van der Waals surface area (Å²) in [6.07, 6.45) is 1.16. The highest BCUT2D eigenvalue weighted by atomic mass is 35.6. The Morgan fingerprint density at radius 1 is 0.786 bits per heavy atom. The third-order valence-corrected chi connectivity index (χ3v) is 2.41. The fraction of sp³-hybridized carbons (Fsp3) is 0.333. The van der Waals surface area contributed by atoms with Crippen LogP contribution in [-0.2, 0) is 7.59 Å². The van der Waals surface area contributed by atoms with Crippen molar-refractivity contribution in [2.45, 2.75) is 7.59 Å². The van der Waals surface area contributed by atoms with Gasteiger partial charge in [0.05, 0.1) is 11.4 Å². The average molecular weight is 315 g/mol. The molecule has 0 N–H and O–H groups in total. The second kappa shape index (κ2) is 4.36. The van der Waals surface area contributed by atoms with Crippen LogP contribution in [0.25, 0.3) is 0 Å². The van der Waals surface area contributed by atoms with Crippen molar-refractivity contribution in [3.63, 3.8) is 0 Å². The van der Waals surface area contributed by atoms with Crippen molar-refractivity contribution in [3.05, 3.63) is 23.8 Å². The summed E-state index contributed by atoms with van der Waals surface area (Å²) in [5.74, 6) is 0. The lowest BCUT2D eigenvalue weighted by Gasteiger charge is -2.14. The van der Waals surface area contributed by atoms with Crippen molar-refractivity contribution in [2.24, 2.45) is 0 Å². The lowest BCUT2D eigenvalue weighted by Crippen LogP contribution is -2.10. The lowest BCUT2D eigenvalue weighted by molar-refractivity contribution is 0.966. The van der Waals surface area contributed by atoms with Gasteiger partial charge in [0, 0.05) is 0 Å². The van der Waals surface area contributed by atoms with E-state index in [-0.39, 0.29) is 11.4 Å². The maximum atomic E-state index is 5.59. The van der Waals surface area contributed by atoms with Crippen molar-refractivity contribution in [3.8, 4) is 0 Å². The van der Waals surface area contributed by atoms with E-state index in [9.17, 15) is 0 Å². The number of aromatic nitrogens is 2. The largest absolute Gasteiger partial charge is 0.237 e. The molecule has 1 aromatic heterocycles. The summed E-state index contributed by atoms with van der Waals surface area (Å²) in [7, 11) is 0. The third-order valence-electron chi connectivity index (χ3n) is 1.25. The van der Waals surface area contributed by atoms with Crippen LogP contribution in [0, 0.1) is 0 Å². The van der Waals surface area contributed by atoms with Gasteiger partial charge in [0.2, 0.25) is 7.59 Å². The quantitative estimate of drug-likeness (QED) is 0.673. The van der Waals surface area contributed by atoms with Gasteiger partial charge in [-0.15, -0.1) is 0 Å². The second-order valence-electron chi connectivity index (χ2n) is 2.28. The predicted octanol–water partition coefficient (Wildman–Crippen LogP) is 4.13. The number of hydrogen-bond acceptors (Lipinski definition) is 2. The van der Waals surface area contributed by atoms with Gasteiger partial charge in [-0.25, -0.2) is 9.97 Å². The SMILES string of the molecule is ClC(Cl)(Cl)c1cc(C(Cl)(Cl)Cl)ncn1. The summed E-state index contributed by atoms with van der Waals surface area (Å²) in [4.78, 5) is 7.48. The number of nitrogens with zero attached hydrogens (tertiary/aromatic N) is 2. The fourth-order valence-electron chi connectivity index (χ4n) is 0.667. The molecule has 0 radical (unpaired) electrons. The molecule has 0 aliphatic heterocycles. The molecule has 0 unspecified atom stereocenters. The van der Waals surface area contributed by atoms with Crippen LogP contribution in [0.4, 0.5) is 0 Å². The minimum Gasteiger partial charge on any atom is -0.237 e. The lowest BCUT2D eigenvalue weighted by atomic mass is 10.3. The summed E-state index contributed by atoms with van der Waals surface area (Å²) in [5.41, 5.74) is 0.303. The van der Waals surface area contributed by atoms with E-state index >= 15 is 0 Å². The van der Waals surface area contributed by atoms with Gasteiger partial charge in [0.25, 0.3) is 0 Å². The van der Waals surface area contributed by atoms with Crippen molar-refractivity contribution < 1.29 is 0 Å². The molecule has 0 fully saturated rings. The molecule has 0 aliphatic carbocycles. The Bertz CT molecular complexity index is 299. The molecule has 0 amide bonds. The maximum Gasteiger partial charge on any atom is 0.232 e. The van der Waals surface area contributed by atoms with E-state index in [0.29, 0.717) is 0 Å². The molecule has 0 bridgehead atoms. The summed E-state index contributed by atoms with van der Waals surface area (Å²) in [6.45, 7) is 0. The Hall–Kier alpha value is 0.820. The molecule has 0 aromatic carbocycles. The maximum absolute atomic E-state index is 5.59. The van der Waals surface area contributed by atoms with Crippen LogP contribution in [0.5, 0.6) is 0 Å². The first kappa shape index (κ1) is 12.9. The normalized spacial score (nSPS) is 13.0. The minimum absolute atomic E-state index is 0.152. The zero-order valence-electron chi connectivity index (χ0n) is 6.32. The van der Waals surface area contributed by atoms with Gasteiger partial charge in [0.15, 0.2) is 0 Å². The molecule has 1 aromatic rings. The molecular weight excluding hydrogens is 313 g/mol. The van der Waals surface area contributed by atoms with Crippen LogP contribution in [0.2, 0.25) is 0 Å². The Morgan fingerprint density at radius 2 is 1.14 bits per heavy atom. The van der Waals surface area contributed by atoms with Crippen LogP contribution >= 0.6 is 69.6 Å². The molecule has 78 valence electrons. The van der Waals surface area contributed by atoms with E-state index in [1.54, 1.807) is 0 Å². The first-order valence-electron chi connectivity index (χ1n) is 3.17. The van der Waals surface area contributed by atoms with Crippen LogP contribution in [0.15, 0.2) is 12.4 Å². The van der Waals surface area contributed by atoms with E-state index in [4.69, 9.17) is 69.6 Å². The number of halogens is 6. The zero-order chi connectivity index (χ0) is 11.0. The van der Waals surface area contributed by atoms with Gasteiger partial charge >= 0.3 is 0 Å². The second-order valence-corrected chi connectivity index (χ2v) is 6.85. The number of hydrogen-bond donors (Lipinski definition) is 0. The molecule has 0 atom stereocenters. The van der Waals surface area contributed by atoms with E-state index in [0.717, 1.165) is 6.33 Å². The molecule has 0 aliphatic rings. The third kappa shape index (κ3) is 3.44. The van der Waals surface area contributed by atoms with Gasteiger partial charge in [0.1, 0.15) is 6.33 Å². The molecule has 14 heavy (non-hydrogen) atoms. The highest BCUT2D eigenvalue weighted by Crippen LogP contribution is 2.41. The van der Waals surface area contributed by atoms with Gasteiger partial charge in [-0.05, 0) is 6.07 Å². The molecule has 0 saturated carbocycles. The summed E-state index contributed by atoms with van der Waals surface area (Å²) >= 11 is 33.6. The van der Waals surface area contributed by atoms with Gasteiger partial charge in [-0.1, -0.05) is 69.6 Å². The standard InChI is InChI=1S/C6H2Cl6N2/c7-5(8,9)3-1-4(6(10,11)12)14-2-13-3/h1-2H. The Balaban J connectivity index is 3.15. The Morgan fingerprint density at radius 3 is 1.43 bits per heavy atom. The van der Waals surface area contributed by atoms with Crippen molar-refractivity contribution in [1.82, 2.24) is 9.97 Å². The van der Waals surface area contributed by atoms with Gasteiger partial charge < -0.3 is 0 Å². The highest BCUT2D eigenvalue weighted by molar-refractivity contribution is 6.67. The zero-order valence-corrected chi connectivity index (χ0v) is 10.9. The van der Waals surface area contributed by atoms with E-state index < -0.39 is 7.59 Å². The topological polar surface area (TPSA) is 25.8 Å². The van der Waals surface area contributed by atoms with Gasteiger partial charge in [-0.2, -0.15) is 0 Å². The molecule has 1 rings (SSSR count). The molecule has 8 heteroatoms. The molecule has 0 saturated heterocycles. The van der Waals surface area contributed by atoms with Crippen LogP contribution < -0.4 is 0 Å².